The molecule has 0 aromatic heterocycles. The number of rotatable bonds is 8. The van der Waals surface area contributed by atoms with Gasteiger partial charge in [0.2, 0.25) is 0 Å². The molecule has 102 valence electrons. The van der Waals surface area contributed by atoms with Crippen LogP contribution in [-0.2, 0) is 0 Å². The third-order valence-corrected chi connectivity index (χ3v) is 2.71. The van der Waals surface area contributed by atoms with Crippen LogP contribution in [0.1, 0.15) is 26.7 Å². The summed E-state index contributed by atoms with van der Waals surface area (Å²) in [5, 5.41) is 11.2. The van der Waals surface area contributed by atoms with Gasteiger partial charge < -0.3 is 20.2 Å². The summed E-state index contributed by atoms with van der Waals surface area (Å²) in [4.78, 5) is 15.0. The second-order valence-corrected chi connectivity index (χ2v) is 5.52. The molecule has 5 heteroatoms. The van der Waals surface area contributed by atoms with Gasteiger partial charge in [-0.3, -0.25) is 0 Å². The van der Waals surface area contributed by atoms with Crippen molar-refractivity contribution in [2.45, 2.75) is 32.2 Å². The van der Waals surface area contributed by atoms with Gasteiger partial charge in [0.15, 0.2) is 0 Å². The highest BCUT2D eigenvalue weighted by Crippen LogP contribution is 2.08. The van der Waals surface area contributed by atoms with E-state index in [-0.39, 0.29) is 5.54 Å². The van der Waals surface area contributed by atoms with Crippen LogP contribution in [0.5, 0.6) is 0 Å². The highest BCUT2D eigenvalue weighted by atomic mass is 16.4. The third kappa shape index (κ3) is 10.1. The zero-order valence-corrected chi connectivity index (χ0v) is 11.8. The Morgan fingerprint density at radius 2 is 1.76 bits per heavy atom. The Bertz CT molecular complexity index is 230. The van der Waals surface area contributed by atoms with Gasteiger partial charge in [-0.2, -0.15) is 0 Å². The second-order valence-electron chi connectivity index (χ2n) is 5.52. The molecule has 0 rings (SSSR count). The molecular weight excluding hydrogens is 218 g/mol. The van der Waals surface area contributed by atoms with E-state index in [4.69, 9.17) is 5.11 Å². The number of nitrogens with one attached hydrogen (secondary N) is 1. The molecule has 0 aromatic carbocycles. The van der Waals surface area contributed by atoms with Gasteiger partial charge in [-0.1, -0.05) is 0 Å². The Labute approximate surface area is 105 Å². The average molecular weight is 245 g/mol. The summed E-state index contributed by atoms with van der Waals surface area (Å²) in [6, 6.07) is 0. The maximum atomic E-state index is 10.6. The fourth-order valence-corrected chi connectivity index (χ4v) is 1.59. The van der Waals surface area contributed by atoms with Crippen LogP contribution < -0.4 is 5.32 Å². The minimum Gasteiger partial charge on any atom is -0.465 e. The summed E-state index contributed by atoms with van der Waals surface area (Å²) in [5.41, 5.74) is -0.359. The van der Waals surface area contributed by atoms with E-state index < -0.39 is 6.09 Å². The first kappa shape index (κ1) is 16.2. The smallest absolute Gasteiger partial charge is 0.405 e. The zero-order chi connectivity index (χ0) is 13.5. The summed E-state index contributed by atoms with van der Waals surface area (Å²) in [6.07, 6.45) is 0.999. The van der Waals surface area contributed by atoms with Crippen LogP contribution in [-0.4, -0.2) is 67.3 Å². The second kappa shape index (κ2) is 7.50. The van der Waals surface area contributed by atoms with Crippen molar-refractivity contribution >= 4 is 6.09 Å². The highest BCUT2D eigenvalue weighted by Gasteiger charge is 2.20. The molecule has 17 heavy (non-hydrogen) atoms. The molecule has 0 radical (unpaired) electrons. The number of hydrogen-bond donors (Lipinski definition) is 2. The molecule has 1 amide bonds. The summed E-state index contributed by atoms with van der Waals surface area (Å²) >= 11 is 0. The lowest BCUT2D eigenvalue weighted by Gasteiger charge is -2.27. The average Bonchev–Trinajstić information content (AvgIpc) is 2.12. The molecule has 0 bridgehead atoms. The highest BCUT2D eigenvalue weighted by molar-refractivity contribution is 5.65. The lowest BCUT2D eigenvalue weighted by molar-refractivity contribution is 0.176. The van der Waals surface area contributed by atoms with Crippen molar-refractivity contribution in [1.82, 2.24) is 15.1 Å². The van der Waals surface area contributed by atoms with Crippen molar-refractivity contribution in [1.29, 1.82) is 0 Å². The number of nitrogens with zero attached hydrogens (tertiary/aromatic N) is 2. The van der Waals surface area contributed by atoms with Crippen molar-refractivity contribution in [3.63, 3.8) is 0 Å². The van der Waals surface area contributed by atoms with Gasteiger partial charge in [-0.05, 0) is 60.9 Å². The quantitative estimate of drug-likeness (QED) is 0.677. The Balaban J connectivity index is 3.74. The molecule has 0 aromatic rings. The van der Waals surface area contributed by atoms with E-state index in [2.05, 4.69) is 36.3 Å². The SMILES string of the molecule is CN(C)CCCN(C)CCC(C)(C)NC(=O)O. The van der Waals surface area contributed by atoms with Gasteiger partial charge in [0, 0.05) is 12.1 Å². The van der Waals surface area contributed by atoms with E-state index in [0.29, 0.717) is 0 Å². The maximum Gasteiger partial charge on any atom is 0.405 e. The predicted molar refractivity (Wildman–Crippen MR) is 70.5 cm³/mol. The van der Waals surface area contributed by atoms with Crippen molar-refractivity contribution < 1.29 is 9.90 Å². The van der Waals surface area contributed by atoms with E-state index in [1.54, 1.807) is 0 Å². The van der Waals surface area contributed by atoms with Gasteiger partial charge >= 0.3 is 6.09 Å². The van der Waals surface area contributed by atoms with Gasteiger partial charge in [0.05, 0.1) is 0 Å². The Morgan fingerprint density at radius 3 is 2.24 bits per heavy atom. The molecule has 0 atom stereocenters. The molecule has 0 saturated heterocycles. The Hall–Kier alpha value is -0.810. The monoisotopic (exact) mass is 245 g/mol. The normalized spacial score (nSPS) is 12.2. The molecule has 0 aliphatic rings. The van der Waals surface area contributed by atoms with Crippen LogP contribution in [0.15, 0.2) is 0 Å². The maximum absolute atomic E-state index is 10.6. The van der Waals surface area contributed by atoms with Crippen LogP contribution in [0.3, 0.4) is 0 Å². The van der Waals surface area contributed by atoms with E-state index in [0.717, 1.165) is 32.5 Å². The molecule has 0 aliphatic heterocycles. The van der Waals surface area contributed by atoms with E-state index in [1.807, 2.05) is 13.8 Å². The zero-order valence-electron chi connectivity index (χ0n) is 11.8. The Morgan fingerprint density at radius 1 is 1.18 bits per heavy atom. The Kier molecular flexibility index (Phi) is 7.15. The molecule has 0 fully saturated rings. The van der Waals surface area contributed by atoms with Gasteiger partial charge in [-0.15, -0.1) is 0 Å². The molecule has 0 spiro atoms. The number of hydrogen-bond acceptors (Lipinski definition) is 3. The molecular formula is C12H27N3O2. The van der Waals surface area contributed by atoms with Gasteiger partial charge in [0.25, 0.3) is 0 Å². The summed E-state index contributed by atoms with van der Waals surface area (Å²) in [7, 11) is 6.21. The van der Waals surface area contributed by atoms with Crippen molar-refractivity contribution in [3.8, 4) is 0 Å². The number of amides is 1. The lowest BCUT2D eigenvalue weighted by atomic mass is 10.0. The van der Waals surface area contributed by atoms with Crippen LogP contribution in [0.2, 0.25) is 0 Å². The topological polar surface area (TPSA) is 55.8 Å². The minimum atomic E-state index is -0.953. The molecule has 2 N–H and O–H groups in total. The van der Waals surface area contributed by atoms with E-state index >= 15 is 0 Å². The fourth-order valence-electron chi connectivity index (χ4n) is 1.59. The minimum absolute atomic E-state index is 0.359. The van der Waals surface area contributed by atoms with Crippen molar-refractivity contribution in [2.75, 3.05) is 40.8 Å². The third-order valence-electron chi connectivity index (χ3n) is 2.71. The first-order chi connectivity index (χ1) is 7.73. The van der Waals surface area contributed by atoms with Crippen LogP contribution in [0.4, 0.5) is 4.79 Å². The molecule has 0 saturated carbocycles. The largest absolute Gasteiger partial charge is 0.465 e. The molecule has 0 aliphatic carbocycles. The summed E-state index contributed by atoms with van der Waals surface area (Å²) in [5.74, 6) is 0. The van der Waals surface area contributed by atoms with E-state index in [9.17, 15) is 4.79 Å². The molecule has 0 heterocycles. The lowest BCUT2D eigenvalue weighted by Crippen LogP contribution is -2.44. The number of carbonyl (C=O) groups is 1. The first-order valence-electron chi connectivity index (χ1n) is 6.07. The fraction of sp³-hybridized carbons (Fsp3) is 0.917. The summed E-state index contributed by atoms with van der Waals surface area (Å²) < 4.78 is 0. The first-order valence-corrected chi connectivity index (χ1v) is 6.07. The van der Waals surface area contributed by atoms with E-state index in [1.165, 1.54) is 0 Å². The van der Waals surface area contributed by atoms with Crippen LogP contribution in [0, 0.1) is 0 Å². The molecule has 0 unspecified atom stereocenters. The molecule has 5 nitrogen and oxygen atoms in total. The van der Waals surface area contributed by atoms with Crippen molar-refractivity contribution in [2.24, 2.45) is 0 Å². The van der Waals surface area contributed by atoms with Crippen LogP contribution in [0.25, 0.3) is 0 Å². The predicted octanol–water partition coefficient (Wildman–Crippen LogP) is 1.31. The summed E-state index contributed by atoms with van der Waals surface area (Å²) in [6.45, 7) is 6.85. The van der Waals surface area contributed by atoms with Gasteiger partial charge in [-0.25, -0.2) is 4.79 Å². The van der Waals surface area contributed by atoms with Crippen LogP contribution >= 0.6 is 0 Å². The van der Waals surface area contributed by atoms with Gasteiger partial charge in [0.1, 0.15) is 0 Å². The van der Waals surface area contributed by atoms with Crippen molar-refractivity contribution in [3.05, 3.63) is 0 Å². The standard InChI is InChI=1S/C12H27N3O2/c1-12(2,13-11(16)17)7-10-15(5)9-6-8-14(3)4/h13H,6-10H2,1-5H3,(H,16,17). The number of carboxylic acid groups (broad SMARTS) is 1.